The second-order valence-corrected chi connectivity index (χ2v) is 9.30. The van der Waals surface area contributed by atoms with Crippen molar-refractivity contribution in [1.82, 2.24) is 9.78 Å². The van der Waals surface area contributed by atoms with E-state index in [4.69, 9.17) is 0 Å². The van der Waals surface area contributed by atoms with Crippen molar-refractivity contribution in [2.75, 3.05) is 0 Å². The molecule has 0 spiro atoms. The smallest absolute Gasteiger partial charge is 0.165 e. The molecule has 1 aromatic carbocycles. The molecule has 4 nitrogen and oxygen atoms in total. The summed E-state index contributed by atoms with van der Waals surface area (Å²) < 4.78 is 1.82. The molecule has 146 valence electrons. The summed E-state index contributed by atoms with van der Waals surface area (Å²) in [5.74, 6) is 2.22. The summed E-state index contributed by atoms with van der Waals surface area (Å²) >= 11 is 0. The Hall–Kier alpha value is -2.36. The third-order valence-electron chi connectivity index (χ3n) is 7.73. The molecule has 4 atom stereocenters. The van der Waals surface area contributed by atoms with Gasteiger partial charge in [0.15, 0.2) is 5.78 Å². The molecular formula is C24H28N2O2. The fourth-order valence-electron chi connectivity index (χ4n) is 6.32. The van der Waals surface area contributed by atoms with Crippen molar-refractivity contribution in [3.05, 3.63) is 52.4 Å². The summed E-state index contributed by atoms with van der Waals surface area (Å²) in [4.78, 5) is 13.4. The molecule has 1 N–H and O–H groups in total. The summed E-state index contributed by atoms with van der Waals surface area (Å²) in [5.41, 5.74) is 5.51. The Labute approximate surface area is 166 Å². The van der Waals surface area contributed by atoms with Crippen molar-refractivity contribution >= 4 is 11.9 Å². The number of phenolic OH excluding ortho intramolecular Hbond substituents is 1. The first-order valence-corrected chi connectivity index (χ1v) is 10.4. The number of benzene rings is 1. The number of aromatic hydroxyl groups is 1. The fraction of sp³-hybridized carbons (Fsp3) is 0.500. The molecule has 4 heteroatoms. The maximum absolute atomic E-state index is 13.4. The largest absolute Gasteiger partial charge is 0.508 e. The van der Waals surface area contributed by atoms with E-state index in [0.29, 0.717) is 29.3 Å². The third-order valence-corrected chi connectivity index (χ3v) is 7.73. The molecule has 0 bridgehead atoms. The van der Waals surface area contributed by atoms with Crippen LogP contribution in [-0.2, 0) is 18.3 Å². The lowest BCUT2D eigenvalue weighted by atomic mass is 9.55. The van der Waals surface area contributed by atoms with Crippen LogP contribution in [0.3, 0.4) is 0 Å². The Bertz CT molecular complexity index is 1000. The lowest BCUT2D eigenvalue weighted by Gasteiger charge is -2.48. The van der Waals surface area contributed by atoms with E-state index in [0.717, 1.165) is 48.9 Å². The molecule has 0 unspecified atom stereocenters. The lowest BCUT2D eigenvalue weighted by molar-refractivity contribution is -0.127. The van der Waals surface area contributed by atoms with E-state index in [1.54, 1.807) is 0 Å². The molecule has 3 aliphatic carbocycles. The Morgan fingerprint density at radius 1 is 1.32 bits per heavy atom. The van der Waals surface area contributed by atoms with Gasteiger partial charge in [-0.1, -0.05) is 13.0 Å². The van der Waals surface area contributed by atoms with Gasteiger partial charge in [-0.2, -0.15) is 5.10 Å². The Balaban J connectivity index is 1.50. The van der Waals surface area contributed by atoms with Gasteiger partial charge in [-0.25, -0.2) is 0 Å². The SMILES string of the molecule is Cc1nn(C)cc1/C=C1\C[C@@H]2[C@@H]3CCc4cc(O)ccc4[C@@H]3CC[C@@]2(C)C1=O. The average molecular weight is 377 g/mol. The van der Waals surface area contributed by atoms with Crippen molar-refractivity contribution < 1.29 is 9.90 Å². The third kappa shape index (κ3) is 2.50. The minimum Gasteiger partial charge on any atom is -0.508 e. The van der Waals surface area contributed by atoms with E-state index in [1.165, 1.54) is 11.1 Å². The Morgan fingerprint density at radius 3 is 2.89 bits per heavy atom. The number of carbonyl (C=O) groups excluding carboxylic acids is 1. The Morgan fingerprint density at radius 2 is 2.14 bits per heavy atom. The number of aromatic nitrogens is 2. The molecule has 2 aromatic rings. The summed E-state index contributed by atoms with van der Waals surface area (Å²) in [6.45, 7) is 4.21. The first-order valence-electron chi connectivity index (χ1n) is 10.4. The molecule has 2 saturated carbocycles. The van der Waals surface area contributed by atoms with Crippen LogP contribution in [0, 0.1) is 24.2 Å². The normalized spacial score (nSPS) is 32.9. The zero-order chi connectivity index (χ0) is 19.6. The van der Waals surface area contributed by atoms with Crippen LogP contribution >= 0.6 is 0 Å². The van der Waals surface area contributed by atoms with Crippen LogP contribution < -0.4 is 0 Å². The van der Waals surface area contributed by atoms with Crippen molar-refractivity contribution in [3.63, 3.8) is 0 Å². The number of nitrogens with zero attached hydrogens (tertiary/aromatic N) is 2. The summed E-state index contributed by atoms with van der Waals surface area (Å²) in [7, 11) is 1.93. The zero-order valence-corrected chi connectivity index (χ0v) is 16.9. The van der Waals surface area contributed by atoms with E-state index in [9.17, 15) is 9.90 Å². The summed E-state index contributed by atoms with van der Waals surface area (Å²) in [6.07, 6.45) is 9.14. The number of aryl methyl sites for hydroxylation is 3. The standard InChI is InChI=1S/C24H28N2O2/c1-14-17(13-26(3)25-14)10-16-12-22-21-6-4-15-11-18(27)5-7-19(15)20(21)8-9-24(22,2)23(16)28/h5,7,10-11,13,20-22,27H,4,6,8-9,12H2,1-3H3/b16-10+/t20-,21+,22+,24+/m0/s1. The maximum Gasteiger partial charge on any atom is 0.165 e. The topological polar surface area (TPSA) is 55.1 Å². The molecule has 0 aliphatic heterocycles. The molecule has 1 aromatic heterocycles. The van der Waals surface area contributed by atoms with Crippen LogP contribution in [-0.4, -0.2) is 20.7 Å². The van der Waals surface area contributed by atoms with Crippen LogP contribution in [0.2, 0.25) is 0 Å². The number of Topliss-reactive ketones (excluding diaryl/α,β-unsaturated/α-hetero) is 1. The van der Waals surface area contributed by atoms with E-state index in [1.807, 2.05) is 37.0 Å². The van der Waals surface area contributed by atoms with Crippen molar-refractivity contribution in [1.29, 1.82) is 0 Å². The Kier molecular flexibility index (Phi) is 3.84. The number of ketones is 1. The minimum atomic E-state index is -0.225. The van der Waals surface area contributed by atoms with Gasteiger partial charge in [-0.05, 0) is 91.7 Å². The second-order valence-electron chi connectivity index (χ2n) is 9.30. The quantitative estimate of drug-likeness (QED) is 0.743. The van der Waals surface area contributed by atoms with Gasteiger partial charge in [0.25, 0.3) is 0 Å². The number of fused-ring (bicyclic) bond motifs is 5. The van der Waals surface area contributed by atoms with Gasteiger partial charge in [0.1, 0.15) is 5.75 Å². The first kappa shape index (κ1) is 17.7. The lowest BCUT2D eigenvalue weighted by Crippen LogP contribution is -2.42. The van der Waals surface area contributed by atoms with Gasteiger partial charge in [0.2, 0.25) is 0 Å². The van der Waals surface area contributed by atoms with E-state index in [-0.39, 0.29) is 5.41 Å². The van der Waals surface area contributed by atoms with Gasteiger partial charge in [0.05, 0.1) is 5.69 Å². The molecule has 28 heavy (non-hydrogen) atoms. The van der Waals surface area contributed by atoms with Gasteiger partial charge in [-0.3, -0.25) is 9.48 Å². The molecule has 0 radical (unpaired) electrons. The predicted octanol–water partition coefficient (Wildman–Crippen LogP) is 4.55. The second kappa shape index (κ2) is 6.07. The summed E-state index contributed by atoms with van der Waals surface area (Å²) in [5, 5.41) is 14.3. The molecule has 1 heterocycles. The molecular weight excluding hydrogens is 348 g/mol. The molecule has 5 rings (SSSR count). The monoisotopic (exact) mass is 376 g/mol. The van der Waals surface area contributed by atoms with Crippen molar-refractivity contribution in [2.45, 2.75) is 51.9 Å². The number of allylic oxidation sites excluding steroid dienone is 1. The van der Waals surface area contributed by atoms with Crippen LogP contribution in [0.25, 0.3) is 6.08 Å². The van der Waals surface area contributed by atoms with Gasteiger partial charge in [0, 0.05) is 24.2 Å². The highest BCUT2D eigenvalue weighted by Gasteiger charge is 2.56. The number of hydrogen-bond donors (Lipinski definition) is 1. The zero-order valence-electron chi connectivity index (χ0n) is 16.9. The highest BCUT2D eigenvalue weighted by molar-refractivity contribution is 6.06. The molecule has 0 amide bonds. The van der Waals surface area contributed by atoms with E-state index < -0.39 is 0 Å². The van der Waals surface area contributed by atoms with Crippen molar-refractivity contribution in [3.8, 4) is 5.75 Å². The van der Waals surface area contributed by atoms with Crippen LogP contribution in [0.15, 0.2) is 30.0 Å². The minimum absolute atomic E-state index is 0.225. The molecule has 2 fully saturated rings. The van der Waals surface area contributed by atoms with Crippen LogP contribution in [0.4, 0.5) is 0 Å². The van der Waals surface area contributed by atoms with E-state index in [2.05, 4.69) is 24.2 Å². The summed E-state index contributed by atoms with van der Waals surface area (Å²) in [6, 6.07) is 5.89. The number of rotatable bonds is 1. The van der Waals surface area contributed by atoms with Crippen LogP contribution in [0.1, 0.15) is 60.9 Å². The average Bonchev–Trinajstić information content (AvgIpc) is 3.11. The predicted molar refractivity (Wildman–Crippen MR) is 109 cm³/mol. The molecule has 0 saturated heterocycles. The number of carbonyl (C=O) groups is 1. The van der Waals surface area contributed by atoms with Gasteiger partial charge >= 0.3 is 0 Å². The van der Waals surface area contributed by atoms with E-state index >= 15 is 0 Å². The number of hydrogen-bond acceptors (Lipinski definition) is 3. The fourth-order valence-corrected chi connectivity index (χ4v) is 6.32. The first-order chi connectivity index (χ1) is 13.4. The van der Waals surface area contributed by atoms with Crippen LogP contribution in [0.5, 0.6) is 5.75 Å². The van der Waals surface area contributed by atoms with Gasteiger partial charge in [-0.15, -0.1) is 0 Å². The molecule has 3 aliphatic rings. The number of phenols is 1. The maximum atomic E-state index is 13.4. The highest BCUT2D eigenvalue weighted by Crippen LogP contribution is 2.60. The van der Waals surface area contributed by atoms with Gasteiger partial charge < -0.3 is 5.11 Å². The highest BCUT2D eigenvalue weighted by atomic mass is 16.3. The van der Waals surface area contributed by atoms with Crippen molar-refractivity contribution in [2.24, 2.45) is 24.3 Å².